The topological polar surface area (TPSA) is 79.3 Å². The molecule has 19 heavy (non-hydrogen) atoms. The van der Waals surface area contributed by atoms with Crippen LogP contribution < -0.4 is 10.7 Å². The van der Waals surface area contributed by atoms with Crippen LogP contribution in [0.1, 0.15) is 10.4 Å². The molecule has 2 rings (SSSR count). The average Bonchev–Trinajstić information content (AvgIpc) is 2.49. The van der Waals surface area contributed by atoms with Crippen LogP contribution in [0.15, 0.2) is 53.8 Å². The van der Waals surface area contributed by atoms with Gasteiger partial charge in [-0.1, -0.05) is 18.2 Å². The number of rotatable bonds is 5. The van der Waals surface area contributed by atoms with Gasteiger partial charge in [0.05, 0.1) is 6.54 Å². The van der Waals surface area contributed by atoms with Gasteiger partial charge in [0, 0.05) is 18.0 Å². The Kier molecular flexibility index (Phi) is 4.58. The van der Waals surface area contributed by atoms with Crippen molar-refractivity contribution in [3.8, 4) is 0 Å². The molecule has 1 amide bonds. The molecule has 0 bridgehead atoms. The van der Waals surface area contributed by atoms with Crippen LogP contribution in [0.2, 0.25) is 0 Å². The first kappa shape index (κ1) is 12.7. The lowest BCUT2D eigenvalue weighted by Gasteiger charge is -2.01. The van der Waals surface area contributed by atoms with Crippen LogP contribution in [0.3, 0.4) is 0 Å². The van der Waals surface area contributed by atoms with E-state index >= 15 is 0 Å². The molecule has 0 spiro atoms. The highest BCUT2D eigenvalue weighted by molar-refractivity contribution is 5.95. The number of aromatic nitrogens is 2. The standard InChI is InChI=1S/C13H13N5O/c19-13(11-5-2-1-3-6-11)14-9-10-16-18-12-7-4-8-15-17-12/h1-8,10H,9H2,(H,14,19)(H,17,18)/b16-10+. The highest BCUT2D eigenvalue weighted by Gasteiger charge is 2.01. The number of benzene rings is 1. The first-order valence-corrected chi connectivity index (χ1v) is 5.75. The summed E-state index contributed by atoms with van der Waals surface area (Å²) in [5.74, 6) is 0.416. The van der Waals surface area contributed by atoms with Gasteiger partial charge in [-0.05, 0) is 24.3 Å². The summed E-state index contributed by atoms with van der Waals surface area (Å²) in [7, 11) is 0. The summed E-state index contributed by atoms with van der Waals surface area (Å²) in [6.07, 6.45) is 3.13. The second-order valence-corrected chi connectivity index (χ2v) is 3.61. The van der Waals surface area contributed by atoms with E-state index in [4.69, 9.17) is 0 Å². The lowest BCUT2D eigenvalue weighted by atomic mass is 10.2. The fourth-order valence-corrected chi connectivity index (χ4v) is 1.35. The summed E-state index contributed by atoms with van der Waals surface area (Å²) in [4.78, 5) is 11.7. The summed E-state index contributed by atoms with van der Waals surface area (Å²) in [5, 5.41) is 14.1. The predicted molar refractivity (Wildman–Crippen MR) is 72.9 cm³/mol. The molecule has 6 nitrogen and oxygen atoms in total. The van der Waals surface area contributed by atoms with Gasteiger partial charge in [0.2, 0.25) is 0 Å². The molecule has 0 unspecified atom stereocenters. The van der Waals surface area contributed by atoms with E-state index in [1.807, 2.05) is 18.2 Å². The van der Waals surface area contributed by atoms with Crippen LogP contribution in [0.4, 0.5) is 5.82 Å². The van der Waals surface area contributed by atoms with Crippen molar-refractivity contribution in [2.24, 2.45) is 5.10 Å². The van der Waals surface area contributed by atoms with E-state index in [1.165, 1.54) is 0 Å². The van der Waals surface area contributed by atoms with Gasteiger partial charge in [0.15, 0.2) is 5.82 Å². The Bertz CT molecular complexity index is 541. The SMILES string of the molecule is O=C(NC/C=N/Nc1cccnn1)c1ccccc1. The number of anilines is 1. The molecule has 0 aliphatic carbocycles. The molecule has 0 saturated carbocycles. The number of hydrogen-bond donors (Lipinski definition) is 2. The molecule has 1 heterocycles. The van der Waals surface area contributed by atoms with Crippen LogP contribution in [0.5, 0.6) is 0 Å². The maximum Gasteiger partial charge on any atom is 0.251 e. The quantitative estimate of drug-likeness (QED) is 0.623. The lowest BCUT2D eigenvalue weighted by molar-refractivity contribution is 0.0959. The van der Waals surface area contributed by atoms with E-state index in [1.54, 1.807) is 36.7 Å². The minimum atomic E-state index is -0.133. The molecule has 2 aromatic rings. The lowest BCUT2D eigenvalue weighted by Crippen LogP contribution is -2.25. The number of hydrogen-bond acceptors (Lipinski definition) is 5. The molecule has 0 fully saturated rings. The Hall–Kier alpha value is -2.76. The van der Waals surface area contributed by atoms with Crippen LogP contribution >= 0.6 is 0 Å². The second kappa shape index (κ2) is 6.85. The van der Waals surface area contributed by atoms with Gasteiger partial charge in [-0.2, -0.15) is 10.2 Å². The Morgan fingerprint density at radius 2 is 2.05 bits per heavy atom. The van der Waals surface area contributed by atoms with Crippen molar-refractivity contribution in [2.75, 3.05) is 12.0 Å². The molecular formula is C13H13N5O. The van der Waals surface area contributed by atoms with Crippen molar-refractivity contribution >= 4 is 17.9 Å². The molecule has 2 N–H and O–H groups in total. The zero-order valence-corrected chi connectivity index (χ0v) is 10.2. The molecule has 1 aromatic carbocycles. The van der Waals surface area contributed by atoms with Crippen molar-refractivity contribution in [1.29, 1.82) is 0 Å². The second-order valence-electron chi connectivity index (χ2n) is 3.61. The van der Waals surface area contributed by atoms with Crippen molar-refractivity contribution in [3.63, 3.8) is 0 Å². The summed E-state index contributed by atoms with van der Waals surface area (Å²) in [6, 6.07) is 12.5. The highest BCUT2D eigenvalue weighted by Crippen LogP contribution is 1.97. The summed E-state index contributed by atoms with van der Waals surface area (Å²) >= 11 is 0. The van der Waals surface area contributed by atoms with Crippen molar-refractivity contribution in [1.82, 2.24) is 15.5 Å². The maximum atomic E-state index is 11.7. The van der Waals surface area contributed by atoms with E-state index in [2.05, 4.69) is 26.0 Å². The molecule has 0 radical (unpaired) electrons. The Labute approximate surface area is 110 Å². The molecule has 0 atom stereocenters. The predicted octanol–water partition coefficient (Wildman–Crippen LogP) is 1.30. The fraction of sp³-hybridized carbons (Fsp3) is 0.0769. The number of carbonyl (C=O) groups is 1. The molecule has 0 saturated heterocycles. The third-order valence-corrected chi connectivity index (χ3v) is 2.23. The molecule has 0 aliphatic rings. The van der Waals surface area contributed by atoms with Crippen molar-refractivity contribution in [3.05, 3.63) is 54.2 Å². The molecule has 96 valence electrons. The molecular weight excluding hydrogens is 242 g/mol. The molecule has 0 aliphatic heterocycles. The number of nitrogens with one attached hydrogen (secondary N) is 2. The highest BCUT2D eigenvalue weighted by atomic mass is 16.1. The van der Waals surface area contributed by atoms with E-state index in [-0.39, 0.29) is 5.91 Å². The first-order valence-electron chi connectivity index (χ1n) is 5.75. The van der Waals surface area contributed by atoms with Crippen LogP contribution in [-0.2, 0) is 0 Å². The van der Waals surface area contributed by atoms with Gasteiger partial charge in [-0.15, -0.1) is 5.10 Å². The van der Waals surface area contributed by atoms with Gasteiger partial charge in [0.1, 0.15) is 0 Å². The maximum absolute atomic E-state index is 11.7. The van der Waals surface area contributed by atoms with Gasteiger partial charge >= 0.3 is 0 Å². The largest absolute Gasteiger partial charge is 0.347 e. The zero-order chi connectivity index (χ0) is 13.3. The van der Waals surface area contributed by atoms with Gasteiger partial charge in [-0.3, -0.25) is 10.2 Å². The number of carbonyl (C=O) groups excluding carboxylic acids is 1. The molecule has 6 heteroatoms. The minimum absolute atomic E-state index is 0.133. The Balaban J connectivity index is 1.73. The Morgan fingerprint density at radius 1 is 1.21 bits per heavy atom. The van der Waals surface area contributed by atoms with Gasteiger partial charge < -0.3 is 5.32 Å². The van der Waals surface area contributed by atoms with E-state index in [9.17, 15) is 4.79 Å². The number of nitrogens with zero attached hydrogens (tertiary/aromatic N) is 3. The minimum Gasteiger partial charge on any atom is -0.347 e. The third kappa shape index (κ3) is 4.19. The average molecular weight is 255 g/mol. The normalized spacial score (nSPS) is 10.3. The smallest absolute Gasteiger partial charge is 0.251 e. The van der Waals surface area contributed by atoms with E-state index < -0.39 is 0 Å². The third-order valence-electron chi connectivity index (χ3n) is 2.23. The Morgan fingerprint density at radius 3 is 2.79 bits per heavy atom. The zero-order valence-electron chi connectivity index (χ0n) is 10.2. The van der Waals surface area contributed by atoms with E-state index in [0.29, 0.717) is 17.9 Å². The fourth-order valence-electron chi connectivity index (χ4n) is 1.35. The van der Waals surface area contributed by atoms with Crippen molar-refractivity contribution < 1.29 is 4.79 Å². The number of amides is 1. The first-order chi connectivity index (χ1) is 9.36. The summed E-state index contributed by atoms with van der Waals surface area (Å²) < 4.78 is 0. The monoisotopic (exact) mass is 255 g/mol. The van der Waals surface area contributed by atoms with Gasteiger partial charge in [0.25, 0.3) is 5.91 Å². The van der Waals surface area contributed by atoms with Crippen LogP contribution in [0, 0.1) is 0 Å². The van der Waals surface area contributed by atoms with E-state index in [0.717, 1.165) is 0 Å². The van der Waals surface area contributed by atoms with Gasteiger partial charge in [-0.25, -0.2) is 0 Å². The number of hydrazone groups is 1. The summed E-state index contributed by atoms with van der Waals surface area (Å²) in [6.45, 7) is 0.334. The molecule has 1 aromatic heterocycles. The van der Waals surface area contributed by atoms with Crippen LogP contribution in [-0.4, -0.2) is 28.9 Å². The summed E-state index contributed by atoms with van der Waals surface area (Å²) in [5.41, 5.74) is 3.33. The van der Waals surface area contributed by atoms with Crippen LogP contribution in [0.25, 0.3) is 0 Å². The van der Waals surface area contributed by atoms with Crippen molar-refractivity contribution in [2.45, 2.75) is 0 Å².